The molecule has 4 rings (SSSR count). The number of phenols is 1. The lowest BCUT2D eigenvalue weighted by molar-refractivity contribution is -0.384. The number of nitrogens with zero attached hydrogens (tertiary/aromatic N) is 2. The fraction of sp³-hybridized carbons (Fsp3) is 0. The van der Waals surface area contributed by atoms with Crippen molar-refractivity contribution in [2.75, 3.05) is 0 Å². The highest BCUT2D eigenvalue weighted by atomic mass is 32.2. The van der Waals surface area contributed by atoms with Crippen LogP contribution in [0, 0.1) is 10.1 Å². The van der Waals surface area contributed by atoms with Crippen LogP contribution in [-0.2, 0) is 4.79 Å². The Bertz CT molecular complexity index is 1180. The van der Waals surface area contributed by atoms with Crippen LogP contribution in [0.15, 0.2) is 70.6 Å². The highest BCUT2D eigenvalue weighted by Gasteiger charge is 2.24. The molecule has 2 N–H and O–H groups in total. The van der Waals surface area contributed by atoms with Gasteiger partial charge in [0.25, 0.3) is 11.6 Å². The number of hydrogen-bond donors (Lipinski definition) is 2. The minimum Gasteiger partial charge on any atom is -0.507 e. The van der Waals surface area contributed by atoms with E-state index < -0.39 is 4.92 Å². The number of amidine groups is 1. The quantitative estimate of drug-likeness (QED) is 0.392. The first kappa shape index (κ1) is 17.7. The lowest BCUT2D eigenvalue weighted by atomic mass is 10.1. The van der Waals surface area contributed by atoms with Gasteiger partial charge in [-0.1, -0.05) is 36.4 Å². The van der Waals surface area contributed by atoms with E-state index in [1.807, 2.05) is 42.5 Å². The van der Waals surface area contributed by atoms with Crippen molar-refractivity contribution in [3.63, 3.8) is 0 Å². The monoisotopic (exact) mass is 391 g/mol. The topological polar surface area (TPSA) is 105 Å². The predicted octanol–water partition coefficient (Wildman–Crippen LogP) is 4.35. The third kappa shape index (κ3) is 3.45. The molecule has 1 saturated heterocycles. The maximum absolute atomic E-state index is 12.3. The zero-order chi connectivity index (χ0) is 19.7. The molecular weight excluding hydrogens is 378 g/mol. The van der Waals surface area contributed by atoms with Gasteiger partial charge in [-0.05, 0) is 35.4 Å². The van der Waals surface area contributed by atoms with Crippen molar-refractivity contribution >= 4 is 51.1 Å². The van der Waals surface area contributed by atoms with Crippen molar-refractivity contribution in [1.82, 2.24) is 5.32 Å². The summed E-state index contributed by atoms with van der Waals surface area (Å²) in [7, 11) is 0. The molecule has 0 atom stereocenters. The molecule has 3 aromatic rings. The minimum atomic E-state index is -0.559. The SMILES string of the molecule is O=C1NC(=Nc2cccc3ccccc23)S/C1=C\c1cc([N+](=O)[O-])ccc1O. The Hall–Kier alpha value is -3.65. The van der Waals surface area contributed by atoms with E-state index in [-0.39, 0.29) is 27.8 Å². The summed E-state index contributed by atoms with van der Waals surface area (Å²) >= 11 is 1.11. The Labute approximate surface area is 163 Å². The summed E-state index contributed by atoms with van der Waals surface area (Å²) in [6.07, 6.45) is 1.41. The molecule has 0 aliphatic carbocycles. The molecule has 138 valence electrons. The van der Waals surface area contributed by atoms with Gasteiger partial charge in [-0.2, -0.15) is 0 Å². The number of nitro groups is 1. The molecule has 1 aliphatic rings. The summed E-state index contributed by atoms with van der Waals surface area (Å²) in [5.41, 5.74) is 0.747. The Balaban J connectivity index is 1.68. The molecule has 1 heterocycles. The zero-order valence-electron chi connectivity index (χ0n) is 14.3. The number of aromatic hydroxyl groups is 1. The summed E-state index contributed by atoms with van der Waals surface area (Å²) in [4.78, 5) is 27.5. The van der Waals surface area contributed by atoms with Crippen LogP contribution < -0.4 is 5.32 Å². The number of phenolic OH excluding ortho intramolecular Hbond substituents is 1. The van der Waals surface area contributed by atoms with E-state index in [2.05, 4.69) is 10.3 Å². The number of nitrogens with one attached hydrogen (secondary N) is 1. The van der Waals surface area contributed by atoms with Gasteiger partial charge in [0, 0.05) is 23.1 Å². The molecule has 1 fully saturated rings. The Morgan fingerprint density at radius 2 is 1.89 bits per heavy atom. The average molecular weight is 391 g/mol. The van der Waals surface area contributed by atoms with Crippen LogP contribution in [0.4, 0.5) is 11.4 Å². The first-order valence-electron chi connectivity index (χ1n) is 8.26. The van der Waals surface area contributed by atoms with Gasteiger partial charge in [0.05, 0.1) is 15.5 Å². The van der Waals surface area contributed by atoms with Gasteiger partial charge in [0.15, 0.2) is 5.17 Å². The van der Waals surface area contributed by atoms with E-state index in [9.17, 15) is 20.0 Å². The summed E-state index contributed by atoms with van der Waals surface area (Å²) in [5, 5.41) is 26.0. The second-order valence-corrected chi connectivity index (χ2v) is 7.01. The maximum atomic E-state index is 12.3. The third-order valence-corrected chi connectivity index (χ3v) is 5.06. The second kappa shape index (κ2) is 7.16. The molecule has 1 aliphatic heterocycles. The number of thioether (sulfide) groups is 1. The summed E-state index contributed by atoms with van der Waals surface area (Å²) < 4.78 is 0. The lowest BCUT2D eigenvalue weighted by Crippen LogP contribution is -2.19. The molecule has 7 nitrogen and oxygen atoms in total. The number of aliphatic imine (C=N–C) groups is 1. The zero-order valence-corrected chi connectivity index (χ0v) is 15.1. The van der Waals surface area contributed by atoms with Crippen LogP contribution in [0.1, 0.15) is 5.56 Å². The average Bonchev–Trinajstić information content (AvgIpc) is 3.02. The molecule has 0 radical (unpaired) electrons. The Kier molecular flexibility index (Phi) is 4.54. The van der Waals surface area contributed by atoms with Crippen molar-refractivity contribution in [1.29, 1.82) is 0 Å². The van der Waals surface area contributed by atoms with E-state index in [0.717, 1.165) is 28.2 Å². The first-order chi connectivity index (χ1) is 13.5. The molecule has 8 heteroatoms. The van der Waals surface area contributed by atoms with E-state index in [1.54, 1.807) is 0 Å². The smallest absolute Gasteiger partial charge is 0.270 e. The van der Waals surface area contributed by atoms with Crippen LogP contribution in [0.3, 0.4) is 0 Å². The van der Waals surface area contributed by atoms with Gasteiger partial charge >= 0.3 is 0 Å². The number of hydrogen-bond acceptors (Lipinski definition) is 6. The fourth-order valence-corrected chi connectivity index (χ4v) is 3.63. The number of amides is 1. The molecule has 3 aromatic carbocycles. The summed E-state index contributed by atoms with van der Waals surface area (Å²) in [6, 6.07) is 17.2. The number of carbonyl (C=O) groups is 1. The molecule has 1 amide bonds. The molecule has 0 saturated carbocycles. The van der Waals surface area contributed by atoms with Crippen LogP contribution in [0.25, 0.3) is 16.8 Å². The van der Waals surface area contributed by atoms with Gasteiger partial charge in [0.2, 0.25) is 0 Å². The normalized spacial score (nSPS) is 16.6. The van der Waals surface area contributed by atoms with Crippen molar-refractivity contribution in [2.24, 2.45) is 4.99 Å². The van der Waals surface area contributed by atoms with Gasteiger partial charge in [-0.25, -0.2) is 4.99 Å². The van der Waals surface area contributed by atoms with Gasteiger partial charge in [0.1, 0.15) is 5.75 Å². The number of nitro benzene ring substituents is 1. The van der Waals surface area contributed by atoms with Gasteiger partial charge in [-0.15, -0.1) is 0 Å². The van der Waals surface area contributed by atoms with Crippen molar-refractivity contribution < 1.29 is 14.8 Å². The number of rotatable bonds is 3. The molecule has 0 bridgehead atoms. The van der Waals surface area contributed by atoms with Crippen LogP contribution >= 0.6 is 11.8 Å². The third-order valence-electron chi connectivity index (χ3n) is 4.15. The molecule has 0 aromatic heterocycles. The second-order valence-electron chi connectivity index (χ2n) is 5.98. The van der Waals surface area contributed by atoms with E-state index in [0.29, 0.717) is 5.17 Å². The van der Waals surface area contributed by atoms with Crippen molar-refractivity contribution in [3.05, 3.63) is 81.2 Å². The highest BCUT2D eigenvalue weighted by Crippen LogP contribution is 2.33. The molecule has 0 spiro atoms. The van der Waals surface area contributed by atoms with Crippen LogP contribution in [0.5, 0.6) is 5.75 Å². The van der Waals surface area contributed by atoms with E-state index >= 15 is 0 Å². The Morgan fingerprint density at radius 3 is 2.71 bits per heavy atom. The standard InChI is InChI=1S/C20H13N3O4S/c24-17-9-8-14(23(26)27)10-13(17)11-18-19(25)22-20(28-18)21-16-7-3-5-12-4-1-2-6-15(12)16/h1-11,24H,(H,21,22,25)/b18-11-. The van der Waals surface area contributed by atoms with Gasteiger partial charge in [-0.3, -0.25) is 14.9 Å². The van der Waals surface area contributed by atoms with Crippen LogP contribution in [0.2, 0.25) is 0 Å². The highest BCUT2D eigenvalue weighted by molar-refractivity contribution is 8.18. The predicted molar refractivity (Wildman–Crippen MR) is 110 cm³/mol. The van der Waals surface area contributed by atoms with Crippen molar-refractivity contribution in [3.8, 4) is 5.75 Å². The maximum Gasteiger partial charge on any atom is 0.270 e. The number of benzene rings is 3. The minimum absolute atomic E-state index is 0.147. The molecule has 0 unspecified atom stereocenters. The number of fused-ring (bicyclic) bond motifs is 1. The summed E-state index contributed by atoms with van der Waals surface area (Å²) in [6.45, 7) is 0. The molecule has 28 heavy (non-hydrogen) atoms. The first-order valence-corrected chi connectivity index (χ1v) is 9.08. The number of non-ortho nitro benzene ring substituents is 1. The van der Waals surface area contributed by atoms with Crippen LogP contribution in [-0.4, -0.2) is 21.1 Å². The summed E-state index contributed by atoms with van der Waals surface area (Å²) in [5.74, 6) is -0.527. The van der Waals surface area contributed by atoms with E-state index in [1.165, 1.54) is 24.3 Å². The molecular formula is C20H13N3O4S. The largest absolute Gasteiger partial charge is 0.507 e. The van der Waals surface area contributed by atoms with Crippen molar-refractivity contribution in [2.45, 2.75) is 0 Å². The lowest BCUT2D eigenvalue weighted by Gasteiger charge is -2.02. The number of carbonyl (C=O) groups excluding carboxylic acids is 1. The fourth-order valence-electron chi connectivity index (χ4n) is 2.81. The van der Waals surface area contributed by atoms with Gasteiger partial charge < -0.3 is 10.4 Å². The van der Waals surface area contributed by atoms with E-state index in [4.69, 9.17) is 0 Å². The Morgan fingerprint density at radius 1 is 1.11 bits per heavy atom.